The topological polar surface area (TPSA) is 58.6 Å². The second kappa shape index (κ2) is 10.3. The lowest BCUT2D eigenvalue weighted by molar-refractivity contribution is -0.134. The van der Waals surface area contributed by atoms with E-state index in [1.807, 2.05) is 34.5 Å². The van der Waals surface area contributed by atoms with Gasteiger partial charge in [0.2, 0.25) is 5.91 Å². The molecule has 0 aliphatic carbocycles. The molecule has 28 heavy (non-hydrogen) atoms. The molecule has 0 saturated carbocycles. The highest BCUT2D eigenvalue weighted by atomic mass is 32.1. The molecule has 1 aromatic heterocycles. The van der Waals surface area contributed by atoms with Gasteiger partial charge in [-0.05, 0) is 55.3 Å². The number of carbonyl (C=O) groups is 2. The van der Waals surface area contributed by atoms with E-state index in [9.17, 15) is 9.59 Å². The van der Waals surface area contributed by atoms with Crippen LogP contribution in [0.15, 0.2) is 41.8 Å². The number of thiophene rings is 1. The zero-order valence-corrected chi connectivity index (χ0v) is 17.2. The molecule has 1 aliphatic heterocycles. The maximum absolute atomic E-state index is 12.5. The number of piperidine rings is 1. The quantitative estimate of drug-likeness (QED) is 0.721. The molecule has 150 valence electrons. The molecule has 1 aromatic carbocycles. The highest BCUT2D eigenvalue weighted by Gasteiger charge is 2.24. The van der Waals surface area contributed by atoms with Crippen LogP contribution in [0.2, 0.25) is 0 Å². The number of hydrogen-bond donors (Lipinski definition) is 1. The summed E-state index contributed by atoms with van der Waals surface area (Å²) in [5.74, 6) is 0.621. The SMILES string of the molecule is CCC1CCCCN1C(=O)CCNC(=O)c1cccc(OCc2cccs2)c1. The average Bonchev–Trinajstić information content (AvgIpc) is 3.26. The molecule has 1 N–H and O–H groups in total. The summed E-state index contributed by atoms with van der Waals surface area (Å²) in [7, 11) is 0. The monoisotopic (exact) mass is 400 g/mol. The van der Waals surface area contributed by atoms with Crippen LogP contribution in [0.1, 0.15) is 54.3 Å². The molecule has 1 saturated heterocycles. The summed E-state index contributed by atoms with van der Waals surface area (Å²) in [6.07, 6.45) is 4.71. The minimum absolute atomic E-state index is 0.139. The van der Waals surface area contributed by atoms with Crippen LogP contribution < -0.4 is 10.1 Å². The van der Waals surface area contributed by atoms with Crippen LogP contribution in [-0.4, -0.2) is 35.8 Å². The van der Waals surface area contributed by atoms with Crippen LogP contribution in [0.25, 0.3) is 0 Å². The van der Waals surface area contributed by atoms with Crippen molar-refractivity contribution in [2.24, 2.45) is 0 Å². The fraction of sp³-hybridized carbons (Fsp3) is 0.455. The summed E-state index contributed by atoms with van der Waals surface area (Å²) in [5.41, 5.74) is 0.542. The van der Waals surface area contributed by atoms with E-state index < -0.39 is 0 Å². The van der Waals surface area contributed by atoms with E-state index in [1.54, 1.807) is 23.5 Å². The van der Waals surface area contributed by atoms with Crippen molar-refractivity contribution in [2.75, 3.05) is 13.1 Å². The first-order valence-corrected chi connectivity index (χ1v) is 10.9. The Hall–Kier alpha value is -2.34. The van der Waals surface area contributed by atoms with Crippen molar-refractivity contribution < 1.29 is 14.3 Å². The number of nitrogens with zero attached hydrogens (tertiary/aromatic N) is 1. The van der Waals surface area contributed by atoms with Crippen LogP contribution in [0.4, 0.5) is 0 Å². The third-order valence-electron chi connectivity index (χ3n) is 5.10. The molecular formula is C22H28N2O3S. The van der Waals surface area contributed by atoms with Gasteiger partial charge in [-0.15, -0.1) is 11.3 Å². The van der Waals surface area contributed by atoms with Gasteiger partial charge in [-0.1, -0.05) is 19.1 Å². The van der Waals surface area contributed by atoms with Crippen molar-refractivity contribution in [3.8, 4) is 5.75 Å². The van der Waals surface area contributed by atoms with Crippen molar-refractivity contribution in [3.63, 3.8) is 0 Å². The van der Waals surface area contributed by atoms with E-state index in [2.05, 4.69) is 12.2 Å². The fourth-order valence-corrected chi connectivity index (χ4v) is 4.17. The van der Waals surface area contributed by atoms with Crippen LogP contribution in [0.5, 0.6) is 5.75 Å². The Bertz CT molecular complexity index is 776. The van der Waals surface area contributed by atoms with Gasteiger partial charge >= 0.3 is 0 Å². The van der Waals surface area contributed by atoms with E-state index >= 15 is 0 Å². The number of carbonyl (C=O) groups excluding carboxylic acids is 2. The Labute approximate surface area is 170 Å². The minimum Gasteiger partial charge on any atom is -0.488 e. The van der Waals surface area contributed by atoms with Crippen LogP contribution in [0, 0.1) is 0 Å². The van der Waals surface area contributed by atoms with Gasteiger partial charge in [0.05, 0.1) is 0 Å². The lowest BCUT2D eigenvalue weighted by Gasteiger charge is -2.35. The van der Waals surface area contributed by atoms with Gasteiger partial charge in [0.15, 0.2) is 0 Å². The van der Waals surface area contributed by atoms with Crippen molar-refractivity contribution >= 4 is 23.2 Å². The van der Waals surface area contributed by atoms with E-state index in [1.165, 1.54) is 6.42 Å². The van der Waals surface area contributed by atoms with Crippen molar-refractivity contribution in [3.05, 3.63) is 52.2 Å². The standard InChI is InChI=1S/C22H28N2O3S/c1-2-18-8-3-4-13-24(18)21(25)11-12-23-22(26)17-7-5-9-19(15-17)27-16-20-10-6-14-28-20/h5-7,9-10,14-15,18H,2-4,8,11-13,16H2,1H3,(H,23,26). The molecule has 0 bridgehead atoms. The lowest BCUT2D eigenvalue weighted by atomic mass is 9.99. The molecule has 0 spiro atoms. The first-order chi connectivity index (χ1) is 13.7. The van der Waals surface area contributed by atoms with Gasteiger partial charge in [0.1, 0.15) is 12.4 Å². The Morgan fingerprint density at radius 2 is 2.14 bits per heavy atom. The molecule has 1 atom stereocenters. The summed E-state index contributed by atoms with van der Waals surface area (Å²) >= 11 is 1.64. The molecule has 0 radical (unpaired) electrons. The minimum atomic E-state index is -0.181. The summed E-state index contributed by atoms with van der Waals surface area (Å²) in [5, 5.41) is 4.87. The number of nitrogens with one attached hydrogen (secondary N) is 1. The van der Waals surface area contributed by atoms with Crippen molar-refractivity contribution in [1.82, 2.24) is 10.2 Å². The Morgan fingerprint density at radius 1 is 1.25 bits per heavy atom. The predicted molar refractivity (Wildman–Crippen MR) is 112 cm³/mol. The fourth-order valence-electron chi connectivity index (χ4n) is 3.56. The second-order valence-electron chi connectivity index (χ2n) is 7.05. The maximum Gasteiger partial charge on any atom is 0.251 e. The van der Waals surface area contributed by atoms with E-state index in [0.29, 0.717) is 36.9 Å². The first kappa shape index (κ1) is 20.4. The Kier molecular flexibility index (Phi) is 7.48. The van der Waals surface area contributed by atoms with Crippen LogP contribution >= 0.6 is 11.3 Å². The largest absolute Gasteiger partial charge is 0.488 e. The summed E-state index contributed by atoms with van der Waals surface area (Å²) in [6, 6.07) is 11.5. The molecule has 6 heteroatoms. The zero-order chi connectivity index (χ0) is 19.8. The molecule has 1 aliphatic rings. The molecular weight excluding hydrogens is 372 g/mol. The molecule has 1 unspecified atom stereocenters. The highest BCUT2D eigenvalue weighted by molar-refractivity contribution is 7.09. The number of amides is 2. The summed E-state index contributed by atoms with van der Waals surface area (Å²) in [6.45, 7) is 3.82. The van der Waals surface area contributed by atoms with E-state index in [0.717, 1.165) is 30.7 Å². The predicted octanol–water partition coefficient (Wildman–Crippen LogP) is 4.24. The molecule has 2 amide bonds. The number of likely N-dealkylation sites (tertiary alicyclic amines) is 1. The van der Waals surface area contributed by atoms with Gasteiger partial charge in [0, 0.05) is 36.0 Å². The Morgan fingerprint density at radius 3 is 2.93 bits per heavy atom. The Balaban J connectivity index is 1.46. The van der Waals surface area contributed by atoms with Crippen LogP contribution in [0.3, 0.4) is 0 Å². The smallest absolute Gasteiger partial charge is 0.251 e. The van der Waals surface area contributed by atoms with E-state index in [4.69, 9.17) is 4.74 Å². The number of hydrogen-bond acceptors (Lipinski definition) is 4. The summed E-state index contributed by atoms with van der Waals surface area (Å²) < 4.78 is 5.76. The van der Waals surface area contributed by atoms with E-state index in [-0.39, 0.29) is 11.8 Å². The third-order valence-corrected chi connectivity index (χ3v) is 5.95. The number of ether oxygens (including phenoxy) is 1. The first-order valence-electron chi connectivity index (χ1n) is 10.00. The molecule has 2 aromatic rings. The number of rotatable bonds is 8. The molecule has 3 rings (SSSR count). The zero-order valence-electron chi connectivity index (χ0n) is 16.4. The maximum atomic E-state index is 12.5. The van der Waals surface area contributed by atoms with Crippen LogP contribution in [-0.2, 0) is 11.4 Å². The lowest BCUT2D eigenvalue weighted by Crippen LogP contribution is -2.44. The highest BCUT2D eigenvalue weighted by Crippen LogP contribution is 2.20. The van der Waals surface area contributed by atoms with Crippen molar-refractivity contribution in [1.29, 1.82) is 0 Å². The van der Waals surface area contributed by atoms with Gasteiger partial charge < -0.3 is 15.0 Å². The summed E-state index contributed by atoms with van der Waals surface area (Å²) in [4.78, 5) is 28.0. The average molecular weight is 401 g/mol. The third kappa shape index (κ3) is 5.58. The second-order valence-corrected chi connectivity index (χ2v) is 8.08. The van der Waals surface area contributed by atoms with Gasteiger partial charge in [-0.3, -0.25) is 9.59 Å². The van der Waals surface area contributed by atoms with Gasteiger partial charge in [-0.25, -0.2) is 0 Å². The van der Waals surface area contributed by atoms with Gasteiger partial charge in [0.25, 0.3) is 5.91 Å². The van der Waals surface area contributed by atoms with Gasteiger partial charge in [-0.2, -0.15) is 0 Å². The molecule has 5 nitrogen and oxygen atoms in total. The normalized spacial score (nSPS) is 16.6. The number of benzene rings is 1. The van der Waals surface area contributed by atoms with Crippen molar-refractivity contribution in [2.45, 2.75) is 51.7 Å². The molecule has 2 heterocycles. The molecule has 1 fully saturated rings.